The van der Waals surface area contributed by atoms with Crippen LogP contribution in [0, 0.1) is 17.6 Å². The Labute approximate surface area is 178 Å². The quantitative estimate of drug-likeness (QED) is 0.484. The van der Waals surface area contributed by atoms with Crippen LogP contribution >= 0.6 is 0 Å². The van der Waals surface area contributed by atoms with E-state index in [1.165, 1.54) is 17.2 Å². The molecule has 4 heteroatoms. The van der Waals surface area contributed by atoms with Gasteiger partial charge in [-0.25, -0.2) is 8.78 Å². The Morgan fingerprint density at radius 1 is 0.867 bits per heavy atom. The molecule has 0 saturated carbocycles. The zero-order valence-electron chi connectivity index (χ0n) is 17.5. The van der Waals surface area contributed by atoms with Crippen molar-refractivity contribution in [1.29, 1.82) is 0 Å². The first-order valence-corrected chi connectivity index (χ1v) is 10.5. The number of benzene rings is 3. The molecule has 0 spiro atoms. The maximum Gasteiger partial charge on any atom is 0.129 e. The molecule has 0 radical (unpaired) electrons. The van der Waals surface area contributed by atoms with Crippen LogP contribution in [0.5, 0.6) is 0 Å². The van der Waals surface area contributed by atoms with Gasteiger partial charge in [0.1, 0.15) is 11.6 Å². The van der Waals surface area contributed by atoms with Crippen LogP contribution < -0.4 is 5.32 Å². The lowest BCUT2D eigenvalue weighted by atomic mass is 9.96. The second-order valence-corrected chi connectivity index (χ2v) is 7.29. The van der Waals surface area contributed by atoms with E-state index in [4.69, 9.17) is 5.11 Å². The first-order valence-electron chi connectivity index (χ1n) is 10.5. The maximum absolute atomic E-state index is 13.7. The molecule has 30 heavy (non-hydrogen) atoms. The molecule has 2 nitrogen and oxygen atoms in total. The van der Waals surface area contributed by atoms with E-state index < -0.39 is 11.6 Å². The molecule has 1 atom stereocenters. The Kier molecular flexibility index (Phi) is 10.8. The largest absolute Gasteiger partial charge is 0.396 e. The van der Waals surface area contributed by atoms with Gasteiger partial charge in [-0.2, -0.15) is 0 Å². The molecule has 0 heterocycles. The number of aliphatic hydroxyl groups excluding tert-OH is 1. The maximum atomic E-state index is 13.7. The third-order valence-corrected chi connectivity index (χ3v) is 4.95. The van der Waals surface area contributed by atoms with Crippen molar-refractivity contribution in [1.82, 2.24) is 5.32 Å². The number of nitrogens with one attached hydrogen (secondary N) is 1. The highest BCUT2D eigenvalue weighted by Gasteiger charge is 2.11. The van der Waals surface area contributed by atoms with Crippen LogP contribution in [0.25, 0.3) is 0 Å². The van der Waals surface area contributed by atoms with E-state index in [0.29, 0.717) is 17.9 Å². The van der Waals surface area contributed by atoms with Gasteiger partial charge in [-0.3, -0.25) is 0 Å². The molecule has 2 N–H and O–H groups in total. The van der Waals surface area contributed by atoms with E-state index in [2.05, 4.69) is 24.4 Å². The summed E-state index contributed by atoms with van der Waals surface area (Å²) in [7, 11) is 0. The minimum atomic E-state index is -0.522. The van der Waals surface area contributed by atoms with Gasteiger partial charge in [0.2, 0.25) is 0 Å². The molecule has 1 unspecified atom stereocenters. The molecular weight excluding hydrogens is 380 g/mol. The molecule has 0 aromatic heterocycles. The minimum absolute atomic E-state index is 0.240. The van der Waals surface area contributed by atoms with E-state index >= 15 is 0 Å². The van der Waals surface area contributed by atoms with Gasteiger partial charge in [0, 0.05) is 19.2 Å². The smallest absolute Gasteiger partial charge is 0.129 e. The Morgan fingerprint density at radius 3 is 2.07 bits per heavy atom. The summed E-state index contributed by atoms with van der Waals surface area (Å²) in [6.45, 7) is 3.96. The third kappa shape index (κ3) is 8.85. The summed E-state index contributed by atoms with van der Waals surface area (Å²) in [5.41, 5.74) is 3.02. The fourth-order valence-electron chi connectivity index (χ4n) is 3.15. The summed E-state index contributed by atoms with van der Waals surface area (Å²) in [4.78, 5) is 0. The molecule has 160 valence electrons. The van der Waals surface area contributed by atoms with Gasteiger partial charge in [-0.15, -0.1) is 0 Å². The number of halogens is 2. The minimum Gasteiger partial charge on any atom is -0.396 e. The van der Waals surface area contributed by atoms with E-state index in [9.17, 15) is 8.78 Å². The standard InChI is InChI=1S/C18H21F2N.C8H10O/c1-2-14(10-16-8-9-17(19)11-18(16)20)12-21-13-15-6-4-3-5-7-15;9-7-6-8-4-2-1-3-5-8/h3-9,11,14,21H,2,10,12-13H2,1H3;1-5,9H,6-7H2. The van der Waals surface area contributed by atoms with Gasteiger partial charge in [-0.05, 0) is 48.1 Å². The van der Waals surface area contributed by atoms with Crippen LogP contribution in [0.2, 0.25) is 0 Å². The predicted molar refractivity (Wildman–Crippen MR) is 119 cm³/mol. The molecule has 0 saturated heterocycles. The Morgan fingerprint density at radius 2 is 1.50 bits per heavy atom. The summed E-state index contributed by atoms with van der Waals surface area (Å²) in [5, 5.41) is 11.9. The van der Waals surface area contributed by atoms with Gasteiger partial charge in [0.25, 0.3) is 0 Å². The van der Waals surface area contributed by atoms with Gasteiger partial charge in [0.15, 0.2) is 0 Å². The molecule has 0 aliphatic heterocycles. The van der Waals surface area contributed by atoms with E-state index in [1.807, 2.05) is 48.5 Å². The normalized spacial score (nSPS) is 11.5. The third-order valence-electron chi connectivity index (χ3n) is 4.95. The van der Waals surface area contributed by atoms with Crippen molar-refractivity contribution in [3.63, 3.8) is 0 Å². The summed E-state index contributed by atoms with van der Waals surface area (Å²) in [5.74, 6) is -0.628. The van der Waals surface area contributed by atoms with E-state index in [1.54, 1.807) is 6.07 Å². The van der Waals surface area contributed by atoms with Gasteiger partial charge < -0.3 is 10.4 Å². The molecule has 3 aromatic carbocycles. The first kappa shape index (κ1) is 23.7. The SMILES string of the molecule is CCC(CNCc1ccccc1)Cc1ccc(F)cc1F.OCCc1ccccc1. The number of hydrogen-bond donors (Lipinski definition) is 2. The van der Waals surface area contributed by atoms with Crippen molar-refractivity contribution in [3.8, 4) is 0 Å². The molecule has 0 aliphatic rings. The lowest BCUT2D eigenvalue weighted by molar-refractivity contribution is 0.299. The highest BCUT2D eigenvalue weighted by Crippen LogP contribution is 2.16. The fraction of sp³-hybridized carbons (Fsp3) is 0.308. The second-order valence-electron chi connectivity index (χ2n) is 7.29. The van der Waals surface area contributed by atoms with Crippen LogP contribution in [0.15, 0.2) is 78.9 Å². The first-order chi connectivity index (χ1) is 14.6. The van der Waals surface area contributed by atoms with Crippen molar-refractivity contribution in [3.05, 3.63) is 107 Å². The molecule has 0 amide bonds. The molecule has 3 aromatic rings. The van der Waals surface area contributed by atoms with E-state index in [0.717, 1.165) is 32.0 Å². The summed E-state index contributed by atoms with van der Waals surface area (Å²) in [6.07, 6.45) is 2.35. The van der Waals surface area contributed by atoms with Gasteiger partial charge >= 0.3 is 0 Å². The zero-order valence-corrected chi connectivity index (χ0v) is 17.5. The Bertz CT molecular complexity index is 840. The van der Waals surface area contributed by atoms with Crippen molar-refractivity contribution in [2.24, 2.45) is 5.92 Å². The molecule has 0 fully saturated rings. The topological polar surface area (TPSA) is 32.3 Å². The van der Waals surface area contributed by atoms with Crippen molar-refractivity contribution in [2.45, 2.75) is 32.7 Å². The summed E-state index contributed by atoms with van der Waals surface area (Å²) >= 11 is 0. The monoisotopic (exact) mass is 411 g/mol. The van der Waals surface area contributed by atoms with Crippen molar-refractivity contribution < 1.29 is 13.9 Å². The average Bonchev–Trinajstić information content (AvgIpc) is 2.77. The number of aliphatic hydroxyl groups is 1. The van der Waals surface area contributed by atoms with Crippen LogP contribution in [-0.4, -0.2) is 18.3 Å². The highest BCUT2D eigenvalue weighted by molar-refractivity contribution is 5.19. The summed E-state index contributed by atoms with van der Waals surface area (Å²) < 4.78 is 26.6. The summed E-state index contributed by atoms with van der Waals surface area (Å²) in [6, 6.07) is 24.0. The number of hydrogen-bond acceptors (Lipinski definition) is 2. The van der Waals surface area contributed by atoms with Crippen LogP contribution in [-0.2, 0) is 19.4 Å². The Balaban J connectivity index is 0.000000297. The fourth-order valence-corrected chi connectivity index (χ4v) is 3.15. The second kappa shape index (κ2) is 13.6. The zero-order chi connectivity index (χ0) is 21.6. The van der Waals surface area contributed by atoms with Crippen molar-refractivity contribution >= 4 is 0 Å². The molecule has 0 bridgehead atoms. The van der Waals surface area contributed by atoms with Crippen LogP contribution in [0.1, 0.15) is 30.0 Å². The van der Waals surface area contributed by atoms with E-state index in [-0.39, 0.29) is 6.61 Å². The van der Waals surface area contributed by atoms with Crippen LogP contribution in [0.4, 0.5) is 8.78 Å². The lowest BCUT2D eigenvalue weighted by Gasteiger charge is -2.16. The highest BCUT2D eigenvalue weighted by atomic mass is 19.1. The van der Waals surface area contributed by atoms with Crippen LogP contribution in [0.3, 0.4) is 0 Å². The Hall–Kier alpha value is -2.56. The predicted octanol–water partition coefficient (Wildman–Crippen LogP) is 5.54. The van der Waals surface area contributed by atoms with Gasteiger partial charge in [0.05, 0.1) is 0 Å². The molecular formula is C26H31F2NO. The van der Waals surface area contributed by atoms with Crippen molar-refractivity contribution in [2.75, 3.05) is 13.2 Å². The van der Waals surface area contributed by atoms with Gasteiger partial charge in [-0.1, -0.05) is 80.1 Å². The molecule has 0 aliphatic carbocycles. The number of rotatable bonds is 9. The molecule has 3 rings (SSSR count). The lowest BCUT2D eigenvalue weighted by Crippen LogP contribution is -2.24. The average molecular weight is 412 g/mol.